The summed E-state index contributed by atoms with van der Waals surface area (Å²) in [7, 11) is 1.84. The lowest BCUT2D eigenvalue weighted by molar-refractivity contribution is -0.490. The van der Waals surface area contributed by atoms with Gasteiger partial charge in [-0.05, 0) is 50.8 Å². The van der Waals surface area contributed by atoms with Crippen LogP contribution >= 0.6 is 12.2 Å². The van der Waals surface area contributed by atoms with Crippen LogP contribution in [0.25, 0.3) is 0 Å². The summed E-state index contributed by atoms with van der Waals surface area (Å²) in [6.45, 7) is 6.85. The van der Waals surface area contributed by atoms with Gasteiger partial charge in [0, 0.05) is 0 Å². The summed E-state index contributed by atoms with van der Waals surface area (Å²) >= 11 is 5.12. The highest BCUT2D eigenvalue weighted by molar-refractivity contribution is 7.80. The zero-order chi connectivity index (χ0) is 18.2. The summed E-state index contributed by atoms with van der Waals surface area (Å²) in [5, 5.41) is 0. The van der Waals surface area contributed by atoms with Crippen molar-refractivity contribution in [3.63, 3.8) is 0 Å². The lowest BCUT2D eigenvalue weighted by Gasteiger charge is -2.30. The third-order valence-corrected chi connectivity index (χ3v) is 4.59. The number of nitrogens with two attached hydrogens (primary N) is 2. The van der Waals surface area contributed by atoms with Gasteiger partial charge in [0.15, 0.2) is 6.54 Å². The van der Waals surface area contributed by atoms with Crippen molar-refractivity contribution in [2.75, 3.05) is 26.9 Å². The summed E-state index contributed by atoms with van der Waals surface area (Å²) in [6, 6.07) is 0. The number of ether oxygens (including phenoxy) is 1. The van der Waals surface area contributed by atoms with Crippen LogP contribution in [0.4, 0.5) is 4.39 Å². The fraction of sp³-hybridized carbons (Fsp3) is 0.706. The maximum absolute atomic E-state index is 13.8. The van der Waals surface area contributed by atoms with E-state index in [0.717, 1.165) is 12.8 Å². The normalized spacial score (nSPS) is 26.5. The van der Waals surface area contributed by atoms with Crippen LogP contribution in [0.15, 0.2) is 17.3 Å². The zero-order valence-electron chi connectivity index (χ0n) is 14.7. The Balaban J connectivity index is 2.54. The van der Waals surface area contributed by atoms with E-state index in [1.807, 2.05) is 7.05 Å². The van der Waals surface area contributed by atoms with E-state index in [1.54, 1.807) is 17.6 Å². The summed E-state index contributed by atoms with van der Waals surface area (Å²) in [5.74, 6) is 0.169. The molecule has 0 aromatic heterocycles. The minimum Gasteiger partial charge on any atom is -0.405 e. The molecule has 136 valence electrons. The third kappa shape index (κ3) is 7.49. The van der Waals surface area contributed by atoms with Gasteiger partial charge in [-0.1, -0.05) is 12.2 Å². The van der Waals surface area contributed by atoms with Crippen molar-refractivity contribution in [2.45, 2.75) is 38.3 Å². The molecule has 24 heavy (non-hydrogen) atoms. The van der Waals surface area contributed by atoms with Crippen LogP contribution in [0, 0.1) is 11.8 Å². The number of allylic oxidation sites excluding steroid dienone is 1. The average molecular weight is 358 g/mol. The molecular formula is C17H30FN4OS+. The molecule has 0 aromatic rings. The molecule has 0 aromatic carbocycles. The molecule has 1 aliphatic rings. The molecule has 7 heteroatoms. The topological polar surface area (TPSA) is 76.6 Å². The monoisotopic (exact) mass is 357 g/mol. The van der Waals surface area contributed by atoms with Gasteiger partial charge < -0.3 is 16.2 Å². The summed E-state index contributed by atoms with van der Waals surface area (Å²) in [5.41, 5.74) is 11.0. The van der Waals surface area contributed by atoms with Crippen molar-refractivity contribution in [3.8, 4) is 0 Å². The van der Waals surface area contributed by atoms with Crippen molar-refractivity contribution in [3.05, 3.63) is 12.3 Å². The number of rotatable bonds is 9. The molecule has 0 saturated heterocycles. The molecular weight excluding hydrogens is 327 g/mol. The zero-order valence-corrected chi connectivity index (χ0v) is 15.5. The second kappa shape index (κ2) is 9.84. The minimum atomic E-state index is -1.02. The first kappa shape index (κ1) is 20.7. The van der Waals surface area contributed by atoms with Crippen LogP contribution in [-0.4, -0.2) is 54.6 Å². The Morgan fingerprint density at radius 1 is 1.54 bits per heavy atom. The van der Waals surface area contributed by atoms with Gasteiger partial charge in [-0.25, -0.2) is 8.97 Å². The lowest BCUT2D eigenvalue weighted by atomic mass is 9.81. The van der Waals surface area contributed by atoms with Crippen LogP contribution in [0.5, 0.6) is 0 Å². The Morgan fingerprint density at radius 2 is 2.17 bits per heavy atom. The maximum Gasteiger partial charge on any atom is 0.156 e. The van der Waals surface area contributed by atoms with E-state index in [9.17, 15) is 4.39 Å². The summed E-state index contributed by atoms with van der Waals surface area (Å²) in [4.78, 5) is 4.78. The lowest BCUT2D eigenvalue weighted by Crippen LogP contribution is -2.34. The van der Waals surface area contributed by atoms with Crippen LogP contribution in [0.1, 0.15) is 32.6 Å². The second-order valence-corrected chi connectivity index (χ2v) is 7.26. The molecule has 0 spiro atoms. The SMILES string of the molecule is C=[N+](C)CC(C(N)=S)C(C=CN)=NCOCC1CCC(C)(F)CC1. The number of thiocarbonyl (C=S) groups is 1. The first-order chi connectivity index (χ1) is 11.2. The molecule has 1 saturated carbocycles. The van der Waals surface area contributed by atoms with Gasteiger partial charge >= 0.3 is 0 Å². The van der Waals surface area contributed by atoms with E-state index in [1.165, 1.54) is 6.20 Å². The van der Waals surface area contributed by atoms with E-state index >= 15 is 0 Å². The number of hydrogen-bond donors (Lipinski definition) is 2. The van der Waals surface area contributed by atoms with E-state index in [0.29, 0.717) is 42.6 Å². The van der Waals surface area contributed by atoms with Crippen molar-refractivity contribution >= 4 is 29.6 Å². The molecule has 0 bridgehead atoms. The number of halogens is 1. The Labute approximate surface area is 149 Å². The predicted molar refractivity (Wildman–Crippen MR) is 102 cm³/mol. The first-order valence-electron chi connectivity index (χ1n) is 8.25. The highest BCUT2D eigenvalue weighted by Crippen LogP contribution is 2.34. The van der Waals surface area contributed by atoms with E-state index in [4.69, 9.17) is 28.4 Å². The molecule has 1 atom stereocenters. The maximum atomic E-state index is 13.8. The molecule has 5 nitrogen and oxygen atoms in total. The van der Waals surface area contributed by atoms with Gasteiger partial charge in [0.25, 0.3) is 0 Å². The number of hydrogen-bond acceptors (Lipinski definition) is 4. The molecule has 1 aliphatic carbocycles. The van der Waals surface area contributed by atoms with Gasteiger partial charge in [-0.2, -0.15) is 0 Å². The van der Waals surface area contributed by atoms with Crippen molar-refractivity contribution < 1.29 is 13.7 Å². The van der Waals surface area contributed by atoms with Crippen molar-refractivity contribution in [2.24, 2.45) is 28.3 Å². The van der Waals surface area contributed by atoms with Gasteiger partial charge in [-0.3, -0.25) is 4.99 Å². The molecule has 0 amide bonds. The van der Waals surface area contributed by atoms with Gasteiger partial charge in [0.1, 0.15) is 32.1 Å². The Kier molecular flexibility index (Phi) is 8.48. The Hall–Kier alpha value is -1.34. The summed E-state index contributed by atoms with van der Waals surface area (Å²) in [6.07, 6.45) is 6.01. The number of nitrogens with zero attached hydrogens (tertiary/aromatic N) is 2. The van der Waals surface area contributed by atoms with E-state index < -0.39 is 5.67 Å². The second-order valence-electron chi connectivity index (χ2n) is 6.79. The Morgan fingerprint density at radius 3 is 2.67 bits per heavy atom. The number of alkyl halides is 1. The molecule has 1 rings (SSSR count). The highest BCUT2D eigenvalue weighted by Gasteiger charge is 2.30. The third-order valence-electron chi connectivity index (χ3n) is 4.30. The van der Waals surface area contributed by atoms with Crippen LogP contribution in [0.2, 0.25) is 0 Å². The largest absolute Gasteiger partial charge is 0.405 e. The van der Waals surface area contributed by atoms with Crippen LogP contribution < -0.4 is 11.5 Å². The van der Waals surface area contributed by atoms with E-state index in [2.05, 4.69) is 11.7 Å². The van der Waals surface area contributed by atoms with Crippen LogP contribution in [-0.2, 0) is 4.74 Å². The Bertz CT molecular complexity index is 495. The fourth-order valence-electron chi connectivity index (χ4n) is 2.80. The van der Waals surface area contributed by atoms with Crippen molar-refractivity contribution in [1.82, 2.24) is 0 Å². The average Bonchev–Trinajstić information content (AvgIpc) is 2.49. The predicted octanol–water partition coefficient (Wildman–Crippen LogP) is 2.04. The molecule has 0 radical (unpaired) electrons. The number of aliphatic imine (C=N–C) groups is 1. The fourth-order valence-corrected chi connectivity index (χ4v) is 3.00. The molecule has 4 N–H and O–H groups in total. The minimum absolute atomic E-state index is 0.211. The smallest absolute Gasteiger partial charge is 0.156 e. The summed E-state index contributed by atoms with van der Waals surface area (Å²) < 4.78 is 21.2. The quantitative estimate of drug-likeness (QED) is 0.286. The van der Waals surface area contributed by atoms with E-state index in [-0.39, 0.29) is 12.6 Å². The van der Waals surface area contributed by atoms with Gasteiger partial charge in [0.2, 0.25) is 0 Å². The van der Waals surface area contributed by atoms with Gasteiger partial charge in [-0.15, -0.1) is 0 Å². The molecule has 0 heterocycles. The first-order valence-corrected chi connectivity index (χ1v) is 8.66. The van der Waals surface area contributed by atoms with Gasteiger partial charge in [0.05, 0.1) is 17.3 Å². The molecule has 1 fully saturated rings. The van der Waals surface area contributed by atoms with Crippen molar-refractivity contribution in [1.29, 1.82) is 0 Å². The van der Waals surface area contributed by atoms with Crippen LogP contribution in [0.3, 0.4) is 0 Å². The standard InChI is InChI=1S/C17H29FN4OS/c1-17(18)7-4-13(5-8-17)11-23-12-21-15(6-9-19)14(16(20)24)10-22(2)3/h6,9,13-14H,2,4-5,7-8,10-12H2,1,3H3,(H3-,19,20,21,24)/p+1. The highest BCUT2D eigenvalue weighted by atomic mass is 32.1. The molecule has 1 unspecified atom stereocenters. The molecule has 0 aliphatic heterocycles.